The van der Waals surface area contributed by atoms with Gasteiger partial charge in [-0.15, -0.1) is 0 Å². The minimum Gasteiger partial charge on any atom is -0.337 e. The van der Waals surface area contributed by atoms with Crippen LogP contribution < -0.4 is 0 Å². The number of carbonyl (C=O) groups is 1. The van der Waals surface area contributed by atoms with Crippen molar-refractivity contribution in [2.24, 2.45) is 5.92 Å². The van der Waals surface area contributed by atoms with Gasteiger partial charge < -0.3 is 4.90 Å². The Labute approximate surface area is 67.6 Å². The lowest BCUT2D eigenvalue weighted by Crippen LogP contribution is -2.36. The van der Waals surface area contributed by atoms with Gasteiger partial charge in [0, 0.05) is 19.0 Å². The van der Waals surface area contributed by atoms with Crippen molar-refractivity contribution in [3.05, 3.63) is 0 Å². The summed E-state index contributed by atoms with van der Waals surface area (Å²) >= 11 is 0. The van der Waals surface area contributed by atoms with E-state index in [-0.39, 0.29) is 5.91 Å². The monoisotopic (exact) mass is 153 g/mol. The number of carbonyl (C=O) groups excluding carboxylic acids is 1. The molecule has 2 nitrogen and oxygen atoms in total. The van der Waals surface area contributed by atoms with Gasteiger partial charge in [-0.25, -0.2) is 0 Å². The lowest BCUT2D eigenvalue weighted by atomic mass is 10.1. The Hall–Kier alpha value is -0.530. The van der Waals surface area contributed by atoms with Gasteiger partial charge in [0.05, 0.1) is 0 Å². The van der Waals surface area contributed by atoms with Gasteiger partial charge in [-0.2, -0.15) is 0 Å². The number of fused-ring (bicyclic) bond motifs is 1. The number of hydrogen-bond donors (Lipinski definition) is 0. The fourth-order valence-corrected chi connectivity index (χ4v) is 2.41. The maximum Gasteiger partial charge on any atom is 0.219 e. The summed E-state index contributed by atoms with van der Waals surface area (Å²) in [6, 6.07) is 1.20. The second-order valence-electron chi connectivity index (χ2n) is 3.79. The highest BCUT2D eigenvalue weighted by Gasteiger charge is 2.52. The quantitative estimate of drug-likeness (QED) is 0.557. The zero-order valence-electron chi connectivity index (χ0n) is 7.21. The van der Waals surface area contributed by atoms with Crippen LogP contribution >= 0.6 is 0 Å². The van der Waals surface area contributed by atoms with Gasteiger partial charge in [0.1, 0.15) is 0 Å². The third-order valence-electron chi connectivity index (χ3n) is 3.05. The fourth-order valence-electron chi connectivity index (χ4n) is 2.41. The summed E-state index contributed by atoms with van der Waals surface area (Å²) in [5.74, 6) is 1.14. The van der Waals surface area contributed by atoms with Crippen LogP contribution in [0.2, 0.25) is 0 Å². The van der Waals surface area contributed by atoms with E-state index >= 15 is 0 Å². The second-order valence-corrected chi connectivity index (χ2v) is 3.79. The van der Waals surface area contributed by atoms with Crippen LogP contribution in [0.15, 0.2) is 0 Å². The van der Waals surface area contributed by atoms with E-state index in [0.717, 1.165) is 12.3 Å². The number of piperidine rings is 1. The standard InChI is InChI=1S/C9H15NO/c1-3-8-4-7-5-9(7)10(8)6(2)11/h7-9H,3-5H2,1-2H3. The zero-order valence-corrected chi connectivity index (χ0v) is 7.21. The molecule has 2 aliphatic rings. The summed E-state index contributed by atoms with van der Waals surface area (Å²) in [6.45, 7) is 3.87. The maximum atomic E-state index is 11.2. The van der Waals surface area contributed by atoms with Gasteiger partial charge in [0.2, 0.25) is 5.91 Å². The van der Waals surface area contributed by atoms with Crippen LogP contribution in [0.3, 0.4) is 0 Å². The number of rotatable bonds is 1. The first kappa shape index (κ1) is 7.14. The molecular formula is C9H15NO. The van der Waals surface area contributed by atoms with Crippen LogP contribution in [0.4, 0.5) is 0 Å². The Morgan fingerprint density at radius 1 is 1.55 bits per heavy atom. The van der Waals surface area contributed by atoms with Crippen LogP contribution in [0, 0.1) is 5.92 Å². The third-order valence-corrected chi connectivity index (χ3v) is 3.05. The largest absolute Gasteiger partial charge is 0.337 e. The molecule has 62 valence electrons. The SMILES string of the molecule is CCC1CC2CC2N1C(C)=O. The van der Waals surface area contributed by atoms with Gasteiger partial charge in [-0.3, -0.25) is 4.79 Å². The predicted molar refractivity (Wildman–Crippen MR) is 43.1 cm³/mol. The van der Waals surface area contributed by atoms with E-state index in [2.05, 4.69) is 11.8 Å². The minimum absolute atomic E-state index is 0.279. The Morgan fingerprint density at radius 2 is 2.27 bits per heavy atom. The van der Waals surface area contributed by atoms with E-state index in [9.17, 15) is 4.79 Å². The molecule has 0 aromatic carbocycles. The Bertz CT molecular complexity index is 190. The van der Waals surface area contributed by atoms with Gasteiger partial charge in [0.15, 0.2) is 0 Å². The highest BCUT2D eigenvalue weighted by Crippen LogP contribution is 2.48. The van der Waals surface area contributed by atoms with Crippen molar-refractivity contribution in [3.63, 3.8) is 0 Å². The molecule has 3 atom stereocenters. The van der Waals surface area contributed by atoms with Gasteiger partial charge >= 0.3 is 0 Å². The highest BCUT2D eigenvalue weighted by atomic mass is 16.2. The fraction of sp³-hybridized carbons (Fsp3) is 0.889. The molecule has 1 aliphatic heterocycles. The Kier molecular flexibility index (Phi) is 1.44. The van der Waals surface area contributed by atoms with Crippen molar-refractivity contribution < 1.29 is 4.79 Å². The summed E-state index contributed by atoms with van der Waals surface area (Å²) < 4.78 is 0. The summed E-state index contributed by atoms with van der Waals surface area (Å²) in [6.07, 6.45) is 3.67. The zero-order chi connectivity index (χ0) is 8.01. The van der Waals surface area contributed by atoms with Crippen molar-refractivity contribution in [1.82, 2.24) is 4.90 Å². The first-order valence-corrected chi connectivity index (χ1v) is 4.53. The van der Waals surface area contributed by atoms with Crippen molar-refractivity contribution in [2.75, 3.05) is 0 Å². The molecule has 0 N–H and O–H groups in total. The second kappa shape index (κ2) is 2.23. The molecule has 2 heteroatoms. The van der Waals surface area contributed by atoms with E-state index in [4.69, 9.17) is 0 Å². The van der Waals surface area contributed by atoms with Crippen molar-refractivity contribution in [1.29, 1.82) is 0 Å². The molecule has 2 fully saturated rings. The molecule has 0 bridgehead atoms. The Morgan fingerprint density at radius 3 is 2.73 bits per heavy atom. The van der Waals surface area contributed by atoms with Gasteiger partial charge in [0.25, 0.3) is 0 Å². The number of amides is 1. The molecule has 0 aromatic rings. The van der Waals surface area contributed by atoms with Crippen molar-refractivity contribution in [3.8, 4) is 0 Å². The lowest BCUT2D eigenvalue weighted by Gasteiger charge is -2.25. The number of likely N-dealkylation sites (tertiary alicyclic amines) is 1. The molecule has 1 heterocycles. The molecule has 3 unspecified atom stereocenters. The normalized spacial score (nSPS) is 40.5. The van der Waals surface area contributed by atoms with E-state index in [1.165, 1.54) is 12.8 Å². The Balaban J connectivity index is 2.08. The van der Waals surface area contributed by atoms with E-state index in [1.54, 1.807) is 6.92 Å². The van der Waals surface area contributed by atoms with E-state index in [1.807, 2.05) is 0 Å². The molecule has 1 amide bonds. The third kappa shape index (κ3) is 0.959. The van der Waals surface area contributed by atoms with Crippen molar-refractivity contribution in [2.45, 2.75) is 45.2 Å². The van der Waals surface area contributed by atoms with Gasteiger partial charge in [-0.05, 0) is 25.2 Å². The highest BCUT2D eigenvalue weighted by molar-refractivity contribution is 5.75. The van der Waals surface area contributed by atoms with Gasteiger partial charge in [-0.1, -0.05) is 6.92 Å². The van der Waals surface area contributed by atoms with Crippen LogP contribution in [0.1, 0.15) is 33.1 Å². The van der Waals surface area contributed by atoms with Crippen LogP contribution in [0.5, 0.6) is 0 Å². The summed E-state index contributed by atoms with van der Waals surface area (Å²) in [7, 11) is 0. The molecular weight excluding hydrogens is 138 g/mol. The molecule has 11 heavy (non-hydrogen) atoms. The smallest absolute Gasteiger partial charge is 0.219 e. The molecule has 1 saturated heterocycles. The molecule has 1 aliphatic carbocycles. The molecule has 1 saturated carbocycles. The molecule has 2 rings (SSSR count). The molecule has 0 aromatic heterocycles. The van der Waals surface area contributed by atoms with Crippen LogP contribution in [-0.4, -0.2) is 22.9 Å². The molecule has 0 spiro atoms. The number of hydrogen-bond acceptors (Lipinski definition) is 1. The van der Waals surface area contributed by atoms with E-state index in [0.29, 0.717) is 12.1 Å². The molecule has 0 radical (unpaired) electrons. The summed E-state index contributed by atoms with van der Waals surface area (Å²) in [4.78, 5) is 13.3. The topological polar surface area (TPSA) is 20.3 Å². The van der Waals surface area contributed by atoms with Crippen LogP contribution in [-0.2, 0) is 4.79 Å². The average molecular weight is 153 g/mol. The average Bonchev–Trinajstić information content (AvgIpc) is 2.61. The first-order valence-electron chi connectivity index (χ1n) is 4.53. The first-order chi connectivity index (χ1) is 5.24. The number of nitrogens with zero attached hydrogens (tertiary/aromatic N) is 1. The predicted octanol–water partition coefficient (Wildman–Crippen LogP) is 1.41. The minimum atomic E-state index is 0.279. The summed E-state index contributed by atoms with van der Waals surface area (Å²) in [5.41, 5.74) is 0. The maximum absolute atomic E-state index is 11.2. The van der Waals surface area contributed by atoms with Crippen LogP contribution in [0.25, 0.3) is 0 Å². The summed E-state index contributed by atoms with van der Waals surface area (Å²) in [5, 5.41) is 0. The van der Waals surface area contributed by atoms with E-state index < -0.39 is 0 Å². The van der Waals surface area contributed by atoms with Crippen molar-refractivity contribution >= 4 is 5.91 Å². The lowest BCUT2D eigenvalue weighted by molar-refractivity contribution is -0.130.